The Morgan fingerprint density at radius 3 is 2.45 bits per heavy atom. The molecule has 1 aromatic rings. The largest absolute Gasteiger partial charge is 0.369 e. The third-order valence-electron chi connectivity index (χ3n) is 3.63. The van der Waals surface area contributed by atoms with E-state index in [-0.39, 0.29) is 5.54 Å². The van der Waals surface area contributed by atoms with E-state index in [1.807, 2.05) is 12.1 Å². The van der Waals surface area contributed by atoms with Gasteiger partial charge in [0.15, 0.2) is 0 Å². The molecule has 0 radical (unpaired) electrons. The number of anilines is 1. The van der Waals surface area contributed by atoms with E-state index in [2.05, 4.69) is 48.0 Å². The van der Waals surface area contributed by atoms with Crippen LogP contribution in [-0.4, -0.2) is 49.7 Å². The first-order chi connectivity index (χ1) is 9.44. The van der Waals surface area contributed by atoms with Crippen molar-refractivity contribution in [3.05, 3.63) is 29.3 Å². The summed E-state index contributed by atoms with van der Waals surface area (Å²) >= 11 is 6.06. The summed E-state index contributed by atoms with van der Waals surface area (Å²) in [6, 6.07) is 8.15. The van der Waals surface area contributed by atoms with Gasteiger partial charge in [0.05, 0.1) is 0 Å². The van der Waals surface area contributed by atoms with Crippen LogP contribution >= 0.6 is 11.6 Å². The zero-order valence-electron chi connectivity index (χ0n) is 12.8. The van der Waals surface area contributed by atoms with Crippen LogP contribution in [0.15, 0.2) is 24.3 Å². The van der Waals surface area contributed by atoms with E-state index < -0.39 is 0 Å². The van der Waals surface area contributed by atoms with Crippen molar-refractivity contribution in [3.8, 4) is 0 Å². The first-order valence-electron chi connectivity index (χ1n) is 7.42. The molecule has 1 saturated heterocycles. The zero-order valence-corrected chi connectivity index (χ0v) is 13.6. The molecule has 3 nitrogen and oxygen atoms in total. The molecule has 0 aromatic heterocycles. The van der Waals surface area contributed by atoms with Crippen LogP contribution in [0.25, 0.3) is 0 Å². The van der Waals surface area contributed by atoms with E-state index in [9.17, 15) is 0 Å². The Kier molecular flexibility index (Phi) is 5.30. The van der Waals surface area contributed by atoms with Crippen LogP contribution in [0, 0.1) is 0 Å². The second-order valence-corrected chi connectivity index (χ2v) is 6.92. The summed E-state index contributed by atoms with van der Waals surface area (Å²) < 4.78 is 0. The quantitative estimate of drug-likeness (QED) is 0.921. The van der Waals surface area contributed by atoms with Crippen molar-refractivity contribution < 1.29 is 0 Å². The maximum atomic E-state index is 6.06. The van der Waals surface area contributed by atoms with Crippen molar-refractivity contribution in [2.75, 3.05) is 44.2 Å². The molecule has 0 amide bonds. The van der Waals surface area contributed by atoms with Crippen LogP contribution in [0.2, 0.25) is 5.02 Å². The third-order valence-corrected chi connectivity index (χ3v) is 3.86. The van der Waals surface area contributed by atoms with Gasteiger partial charge in [0.1, 0.15) is 0 Å². The summed E-state index contributed by atoms with van der Waals surface area (Å²) in [6.07, 6.45) is 0. The maximum Gasteiger partial charge on any atom is 0.0426 e. The van der Waals surface area contributed by atoms with E-state index in [0.29, 0.717) is 0 Å². The van der Waals surface area contributed by atoms with E-state index in [0.717, 1.165) is 44.3 Å². The Labute approximate surface area is 127 Å². The van der Waals surface area contributed by atoms with Crippen LogP contribution in [0.1, 0.15) is 20.8 Å². The highest BCUT2D eigenvalue weighted by molar-refractivity contribution is 6.30. The highest BCUT2D eigenvalue weighted by atomic mass is 35.5. The van der Waals surface area contributed by atoms with Crippen LogP contribution < -0.4 is 10.2 Å². The lowest BCUT2D eigenvalue weighted by Crippen LogP contribution is -2.49. The van der Waals surface area contributed by atoms with Crippen molar-refractivity contribution in [3.63, 3.8) is 0 Å². The van der Waals surface area contributed by atoms with E-state index in [4.69, 9.17) is 11.6 Å². The molecule has 0 unspecified atom stereocenters. The molecule has 1 aliphatic rings. The molecule has 0 atom stereocenters. The number of nitrogens with zero attached hydrogens (tertiary/aromatic N) is 2. The lowest BCUT2D eigenvalue weighted by atomic mass is 10.1. The van der Waals surface area contributed by atoms with Crippen LogP contribution in [0.3, 0.4) is 0 Å². The molecule has 0 saturated carbocycles. The molecule has 0 bridgehead atoms. The smallest absolute Gasteiger partial charge is 0.0426 e. The average Bonchev–Trinajstić information content (AvgIpc) is 2.38. The van der Waals surface area contributed by atoms with Crippen molar-refractivity contribution >= 4 is 17.3 Å². The van der Waals surface area contributed by atoms with Gasteiger partial charge in [0.2, 0.25) is 0 Å². The highest BCUT2D eigenvalue weighted by Gasteiger charge is 2.17. The minimum absolute atomic E-state index is 0.211. The van der Waals surface area contributed by atoms with Gasteiger partial charge in [-0.3, -0.25) is 4.90 Å². The van der Waals surface area contributed by atoms with Gasteiger partial charge < -0.3 is 10.2 Å². The lowest BCUT2D eigenvalue weighted by Gasteiger charge is -2.36. The zero-order chi connectivity index (χ0) is 14.6. The monoisotopic (exact) mass is 295 g/mol. The van der Waals surface area contributed by atoms with Crippen molar-refractivity contribution in [2.45, 2.75) is 26.3 Å². The summed E-state index contributed by atoms with van der Waals surface area (Å²) in [6.45, 7) is 13.2. The van der Waals surface area contributed by atoms with Crippen molar-refractivity contribution in [1.29, 1.82) is 0 Å². The van der Waals surface area contributed by atoms with Gasteiger partial charge in [-0.2, -0.15) is 0 Å². The molecule has 20 heavy (non-hydrogen) atoms. The van der Waals surface area contributed by atoms with Crippen LogP contribution in [-0.2, 0) is 0 Å². The van der Waals surface area contributed by atoms with Gasteiger partial charge >= 0.3 is 0 Å². The first-order valence-corrected chi connectivity index (χ1v) is 7.80. The summed E-state index contributed by atoms with van der Waals surface area (Å²) in [7, 11) is 0. The van der Waals surface area contributed by atoms with Gasteiger partial charge in [-0.05, 0) is 39.0 Å². The molecule has 2 rings (SSSR count). The molecule has 112 valence electrons. The Hall–Kier alpha value is -0.770. The Balaban J connectivity index is 1.75. The van der Waals surface area contributed by atoms with Gasteiger partial charge in [0.25, 0.3) is 0 Å². The van der Waals surface area contributed by atoms with Gasteiger partial charge in [-0.25, -0.2) is 0 Å². The molecule has 0 spiro atoms. The summed E-state index contributed by atoms with van der Waals surface area (Å²) in [5, 5.41) is 4.37. The fourth-order valence-corrected chi connectivity index (χ4v) is 2.68. The predicted octanol–water partition coefficient (Wildman–Crippen LogP) is 2.85. The number of rotatable bonds is 4. The predicted molar refractivity (Wildman–Crippen MR) is 87.9 cm³/mol. The van der Waals surface area contributed by atoms with Crippen molar-refractivity contribution in [2.24, 2.45) is 0 Å². The number of hydrogen-bond donors (Lipinski definition) is 1. The van der Waals surface area contributed by atoms with Gasteiger partial charge in [0, 0.05) is 55.5 Å². The second-order valence-electron chi connectivity index (χ2n) is 6.49. The van der Waals surface area contributed by atoms with Crippen molar-refractivity contribution in [1.82, 2.24) is 10.2 Å². The molecule has 1 aromatic carbocycles. The average molecular weight is 296 g/mol. The second kappa shape index (κ2) is 6.79. The number of halogens is 1. The number of hydrogen-bond acceptors (Lipinski definition) is 3. The van der Waals surface area contributed by atoms with E-state index in [1.165, 1.54) is 5.69 Å². The number of nitrogens with one attached hydrogen (secondary N) is 1. The summed E-state index contributed by atoms with van der Waals surface area (Å²) in [5.74, 6) is 0. The lowest BCUT2D eigenvalue weighted by molar-refractivity contribution is 0.248. The molecule has 1 N–H and O–H groups in total. The highest BCUT2D eigenvalue weighted by Crippen LogP contribution is 2.20. The topological polar surface area (TPSA) is 18.5 Å². The standard InChI is InChI=1S/C16H26ClN3/c1-16(2,3)18-7-8-19-9-11-20(12-10-19)15-6-4-5-14(17)13-15/h4-6,13,18H,7-12H2,1-3H3. The van der Waals surface area contributed by atoms with Gasteiger partial charge in [-0.1, -0.05) is 17.7 Å². The molecular weight excluding hydrogens is 270 g/mol. The van der Waals surface area contributed by atoms with Crippen LogP contribution in [0.5, 0.6) is 0 Å². The Morgan fingerprint density at radius 1 is 1.15 bits per heavy atom. The Bertz CT molecular complexity index is 420. The molecule has 4 heteroatoms. The summed E-state index contributed by atoms with van der Waals surface area (Å²) in [4.78, 5) is 4.94. The normalized spacial score (nSPS) is 17.5. The number of piperazine rings is 1. The fraction of sp³-hybridized carbons (Fsp3) is 0.625. The molecule has 1 heterocycles. The molecule has 0 aliphatic carbocycles. The Morgan fingerprint density at radius 2 is 1.85 bits per heavy atom. The number of benzene rings is 1. The van der Waals surface area contributed by atoms with Crippen LogP contribution in [0.4, 0.5) is 5.69 Å². The molecular formula is C16H26ClN3. The minimum Gasteiger partial charge on any atom is -0.369 e. The molecule has 1 aliphatic heterocycles. The first kappa shape index (κ1) is 15.6. The molecule has 1 fully saturated rings. The minimum atomic E-state index is 0.211. The van der Waals surface area contributed by atoms with E-state index >= 15 is 0 Å². The fourth-order valence-electron chi connectivity index (χ4n) is 2.49. The SMILES string of the molecule is CC(C)(C)NCCN1CCN(c2cccc(Cl)c2)CC1. The van der Waals surface area contributed by atoms with Gasteiger partial charge in [-0.15, -0.1) is 0 Å². The maximum absolute atomic E-state index is 6.06. The summed E-state index contributed by atoms with van der Waals surface area (Å²) in [5.41, 5.74) is 1.45. The third kappa shape index (κ3) is 4.97. The van der Waals surface area contributed by atoms with E-state index in [1.54, 1.807) is 0 Å².